The highest BCUT2D eigenvalue weighted by molar-refractivity contribution is 5.91. The van der Waals surface area contributed by atoms with E-state index in [2.05, 4.69) is 18.1 Å². The fourth-order valence-corrected chi connectivity index (χ4v) is 4.56. The first-order chi connectivity index (χ1) is 16.5. The zero-order valence-electron chi connectivity index (χ0n) is 18.8. The van der Waals surface area contributed by atoms with Crippen molar-refractivity contribution in [1.82, 2.24) is 18.9 Å². The lowest BCUT2D eigenvalue weighted by atomic mass is 9.80. The second-order valence-corrected chi connectivity index (χ2v) is 8.33. The lowest BCUT2D eigenvalue weighted by Crippen LogP contribution is -2.26. The minimum atomic E-state index is -0.307. The summed E-state index contributed by atoms with van der Waals surface area (Å²) in [5, 5.41) is 11.0. The molecule has 3 heterocycles. The summed E-state index contributed by atoms with van der Waals surface area (Å²) in [6, 6.07) is 7.41. The topological polar surface area (TPSA) is 108 Å². The number of hydrogen-bond acceptors (Lipinski definition) is 6. The van der Waals surface area contributed by atoms with E-state index >= 15 is 0 Å². The third kappa shape index (κ3) is 3.31. The zero-order valence-corrected chi connectivity index (χ0v) is 18.8. The van der Waals surface area contributed by atoms with E-state index < -0.39 is 0 Å². The number of fused-ring (bicyclic) bond motifs is 2. The van der Waals surface area contributed by atoms with Crippen molar-refractivity contribution in [2.75, 3.05) is 12.8 Å². The molecule has 1 fully saturated rings. The van der Waals surface area contributed by atoms with Crippen LogP contribution in [0.3, 0.4) is 0 Å². The standard InChI is InChI=1S/C26H25N5O3/c1-4-6-17(5-2)30-14-22(34-3)19-8-7-15(13-20(19)25(30)33)24-29-23(16-11-18(32)12-16)21-9-10-28-26(27)31(21)24/h4-10,13-14,16,18,32H,1-2,11-12H2,3H3,(H2,27,28)/b17-6+. The van der Waals surface area contributed by atoms with Crippen molar-refractivity contribution in [2.24, 2.45) is 0 Å². The van der Waals surface area contributed by atoms with Gasteiger partial charge in [-0.3, -0.25) is 13.8 Å². The predicted octanol–water partition coefficient (Wildman–Crippen LogP) is 3.75. The monoisotopic (exact) mass is 455 g/mol. The average molecular weight is 456 g/mol. The zero-order chi connectivity index (χ0) is 24.0. The lowest BCUT2D eigenvalue weighted by molar-refractivity contribution is 0.0739. The molecule has 3 aromatic heterocycles. The molecule has 4 aromatic rings. The number of pyridine rings is 1. The first-order valence-corrected chi connectivity index (χ1v) is 11.0. The number of methoxy groups -OCH3 is 1. The van der Waals surface area contributed by atoms with Crippen molar-refractivity contribution in [3.8, 4) is 17.1 Å². The second kappa shape index (κ2) is 8.31. The summed E-state index contributed by atoms with van der Waals surface area (Å²) in [4.78, 5) is 22.6. The minimum absolute atomic E-state index is 0.150. The average Bonchev–Trinajstić information content (AvgIpc) is 3.21. The molecule has 1 aliphatic rings. The van der Waals surface area contributed by atoms with Gasteiger partial charge in [0.1, 0.15) is 11.6 Å². The first kappa shape index (κ1) is 21.7. The Kier molecular flexibility index (Phi) is 5.30. The van der Waals surface area contributed by atoms with E-state index in [0.29, 0.717) is 46.8 Å². The summed E-state index contributed by atoms with van der Waals surface area (Å²) >= 11 is 0. The van der Waals surface area contributed by atoms with E-state index in [1.807, 2.05) is 18.2 Å². The van der Waals surface area contributed by atoms with Crippen molar-refractivity contribution in [2.45, 2.75) is 24.9 Å². The normalized spacial score (nSPS) is 18.1. The highest BCUT2D eigenvalue weighted by atomic mass is 16.5. The van der Waals surface area contributed by atoms with Gasteiger partial charge < -0.3 is 15.6 Å². The van der Waals surface area contributed by atoms with Crippen molar-refractivity contribution >= 4 is 27.9 Å². The SMILES string of the molecule is C=C/C=C(\C=C)n1cc(OC)c2ccc(-c3nc(C4CC(O)C4)c4ccnc(N)n34)cc2c1=O. The van der Waals surface area contributed by atoms with Crippen LogP contribution in [-0.4, -0.2) is 37.3 Å². The molecule has 0 saturated heterocycles. The van der Waals surface area contributed by atoms with Gasteiger partial charge in [0.25, 0.3) is 5.56 Å². The highest BCUT2D eigenvalue weighted by Gasteiger charge is 2.33. The molecule has 3 N–H and O–H groups in total. The van der Waals surface area contributed by atoms with Crippen LogP contribution in [0.1, 0.15) is 24.5 Å². The number of aromatic nitrogens is 4. The Morgan fingerprint density at radius 2 is 2.06 bits per heavy atom. The third-order valence-electron chi connectivity index (χ3n) is 6.34. The molecule has 0 spiro atoms. The molecule has 0 bridgehead atoms. The number of benzene rings is 1. The number of nitrogens with two attached hydrogens (primary N) is 1. The molecule has 172 valence electrons. The van der Waals surface area contributed by atoms with Crippen LogP contribution in [0.25, 0.3) is 33.4 Å². The first-order valence-electron chi connectivity index (χ1n) is 11.0. The Labute approximate surface area is 196 Å². The number of imidazole rings is 1. The van der Waals surface area contributed by atoms with Gasteiger partial charge in [0.15, 0.2) is 0 Å². The van der Waals surface area contributed by atoms with Gasteiger partial charge in [-0.05, 0) is 43.2 Å². The van der Waals surface area contributed by atoms with Crippen molar-refractivity contribution in [3.63, 3.8) is 0 Å². The molecule has 8 heteroatoms. The number of nitrogen functional groups attached to an aromatic ring is 1. The van der Waals surface area contributed by atoms with E-state index in [1.54, 1.807) is 48.2 Å². The molecule has 0 atom stereocenters. The van der Waals surface area contributed by atoms with Crippen LogP contribution in [0.5, 0.6) is 5.75 Å². The quantitative estimate of drug-likeness (QED) is 0.429. The van der Waals surface area contributed by atoms with E-state index in [9.17, 15) is 9.90 Å². The highest BCUT2D eigenvalue weighted by Crippen LogP contribution is 2.40. The van der Waals surface area contributed by atoms with Gasteiger partial charge in [0.05, 0.1) is 36.0 Å². The van der Waals surface area contributed by atoms with E-state index in [0.717, 1.165) is 16.8 Å². The molecule has 8 nitrogen and oxygen atoms in total. The number of aliphatic hydroxyl groups excluding tert-OH is 1. The Balaban J connectivity index is 1.77. The van der Waals surface area contributed by atoms with Gasteiger partial charge in [-0.1, -0.05) is 25.3 Å². The fourth-order valence-electron chi connectivity index (χ4n) is 4.56. The number of nitrogens with zero attached hydrogens (tertiary/aromatic N) is 4. The second-order valence-electron chi connectivity index (χ2n) is 8.33. The minimum Gasteiger partial charge on any atom is -0.495 e. The summed E-state index contributed by atoms with van der Waals surface area (Å²) in [6.07, 6.45) is 9.21. The molecule has 0 amide bonds. The maximum Gasteiger partial charge on any atom is 0.263 e. The maximum atomic E-state index is 13.5. The molecule has 0 radical (unpaired) electrons. The summed E-state index contributed by atoms with van der Waals surface area (Å²) in [5.74, 6) is 1.60. The fraction of sp³-hybridized carbons (Fsp3) is 0.192. The lowest BCUT2D eigenvalue weighted by Gasteiger charge is -2.30. The molecule has 34 heavy (non-hydrogen) atoms. The van der Waals surface area contributed by atoms with E-state index in [1.165, 1.54) is 4.57 Å². The van der Waals surface area contributed by atoms with E-state index in [4.69, 9.17) is 15.5 Å². The number of rotatable bonds is 6. The third-order valence-corrected chi connectivity index (χ3v) is 6.34. The van der Waals surface area contributed by atoms with Crippen molar-refractivity contribution < 1.29 is 9.84 Å². The van der Waals surface area contributed by atoms with Crippen LogP contribution in [0.2, 0.25) is 0 Å². The van der Waals surface area contributed by atoms with Gasteiger partial charge >= 0.3 is 0 Å². The molecule has 1 aliphatic carbocycles. The van der Waals surface area contributed by atoms with Crippen LogP contribution < -0.4 is 16.0 Å². The van der Waals surface area contributed by atoms with Gasteiger partial charge in [-0.25, -0.2) is 9.97 Å². The molecular formula is C26H25N5O3. The predicted molar refractivity (Wildman–Crippen MR) is 134 cm³/mol. The Bertz CT molecular complexity index is 1540. The molecule has 0 aliphatic heterocycles. The van der Waals surface area contributed by atoms with Crippen molar-refractivity contribution in [1.29, 1.82) is 0 Å². The van der Waals surface area contributed by atoms with Crippen LogP contribution in [-0.2, 0) is 0 Å². The van der Waals surface area contributed by atoms with E-state index in [-0.39, 0.29) is 17.6 Å². The summed E-state index contributed by atoms with van der Waals surface area (Å²) in [5.41, 5.74) is 9.05. The van der Waals surface area contributed by atoms with Gasteiger partial charge in [-0.15, -0.1) is 0 Å². The van der Waals surface area contributed by atoms with Crippen LogP contribution in [0.4, 0.5) is 5.95 Å². The summed E-state index contributed by atoms with van der Waals surface area (Å²) in [6.45, 7) is 7.53. The maximum absolute atomic E-state index is 13.5. The van der Waals surface area contributed by atoms with Gasteiger partial charge in [0.2, 0.25) is 5.95 Å². The Hall–Kier alpha value is -4.17. The van der Waals surface area contributed by atoms with Gasteiger partial charge in [-0.2, -0.15) is 0 Å². The van der Waals surface area contributed by atoms with Crippen LogP contribution in [0, 0.1) is 0 Å². The molecule has 1 saturated carbocycles. The Morgan fingerprint density at radius 1 is 1.26 bits per heavy atom. The number of aliphatic hydroxyl groups is 1. The Morgan fingerprint density at radius 3 is 2.74 bits per heavy atom. The number of anilines is 1. The largest absolute Gasteiger partial charge is 0.495 e. The van der Waals surface area contributed by atoms with Crippen LogP contribution >= 0.6 is 0 Å². The smallest absolute Gasteiger partial charge is 0.263 e. The molecular weight excluding hydrogens is 430 g/mol. The molecule has 0 unspecified atom stereocenters. The number of hydrogen-bond donors (Lipinski definition) is 2. The molecule has 1 aromatic carbocycles. The summed E-state index contributed by atoms with van der Waals surface area (Å²) in [7, 11) is 1.57. The molecule has 5 rings (SSSR count). The van der Waals surface area contributed by atoms with Gasteiger partial charge in [0, 0.05) is 28.8 Å². The number of allylic oxidation sites excluding steroid dienone is 4. The summed E-state index contributed by atoms with van der Waals surface area (Å²) < 4.78 is 8.86. The van der Waals surface area contributed by atoms with Crippen molar-refractivity contribution in [3.05, 3.63) is 84.1 Å². The van der Waals surface area contributed by atoms with Crippen LogP contribution in [0.15, 0.2) is 72.8 Å². The number of ether oxygens (including phenoxy) is 1.